The predicted molar refractivity (Wildman–Crippen MR) is 52.9 cm³/mol. The highest BCUT2D eigenvalue weighted by molar-refractivity contribution is 5.81. The number of rotatable bonds is 5. The van der Waals surface area contributed by atoms with Crippen molar-refractivity contribution in [1.82, 2.24) is 10.4 Å². The zero-order valence-corrected chi connectivity index (χ0v) is 8.42. The van der Waals surface area contributed by atoms with E-state index in [4.69, 9.17) is 0 Å². The Labute approximate surface area is 79.8 Å². The number of hydrogen-bond acceptors (Lipinski definition) is 2. The van der Waals surface area contributed by atoms with Crippen LogP contribution in [0.1, 0.15) is 20.3 Å². The number of nitrogens with zero attached hydrogens (tertiary/aromatic N) is 1. The lowest BCUT2D eigenvalue weighted by atomic mass is 10.3. The maximum Gasteiger partial charge on any atom is 0.238 e. The summed E-state index contributed by atoms with van der Waals surface area (Å²) >= 11 is 0. The van der Waals surface area contributed by atoms with Crippen molar-refractivity contribution in [3.63, 3.8) is 0 Å². The summed E-state index contributed by atoms with van der Waals surface area (Å²) in [6.45, 7) is 9.45. The SMILES string of the molecule is C=C[C@@H]1C[C@@H]1C(=O)NN(CC)CC. The Morgan fingerprint density at radius 1 is 1.62 bits per heavy atom. The van der Waals surface area contributed by atoms with E-state index in [0.29, 0.717) is 5.92 Å². The summed E-state index contributed by atoms with van der Waals surface area (Å²) in [6.07, 6.45) is 2.84. The molecule has 1 rings (SSSR count). The third kappa shape index (κ3) is 2.56. The Hall–Kier alpha value is -0.830. The van der Waals surface area contributed by atoms with Gasteiger partial charge in [0.1, 0.15) is 0 Å². The van der Waals surface area contributed by atoms with Crippen molar-refractivity contribution in [1.29, 1.82) is 0 Å². The fourth-order valence-electron chi connectivity index (χ4n) is 1.40. The molecule has 0 saturated heterocycles. The van der Waals surface area contributed by atoms with Gasteiger partial charge in [0, 0.05) is 19.0 Å². The number of allylic oxidation sites excluding steroid dienone is 1. The molecule has 0 unspecified atom stereocenters. The number of hydrogen-bond donors (Lipinski definition) is 1. The first-order chi connectivity index (χ1) is 6.22. The summed E-state index contributed by atoms with van der Waals surface area (Å²) in [7, 11) is 0. The minimum Gasteiger partial charge on any atom is -0.289 e. The average molecular weight is 182 g/mol. The van der Waals surface area contributed by atoms with E-state index in [9.17, 15) is 4.79 Å². The highest BCUT2D eigenvalue weighted by atomic mass is 16.2. The fraction of sp³-hybridized carbons (Fsp3) is 0.700. The van der Waals surface area contributed by atoms with Crippen LogP contribution in [-0.2, 0) is 4.79 Å². The fourth-order valence-corrected chi connectivity index (χ4v) is 1.40. The molecule has 1 amide bonds. The maximum atomic E-state index is 11.5. The van der Waals surface area contributed by atoms with E-state index in [0.717, 1.165) is 19.5 Å². The Bertz CT molecular complexity index is 199. The summed E-state index contributed by atoms with van der Waals surface area (Å²) in [4.78, 5) is 11.5. The largest absolute Gasteiger partial charge is 0.289 e. The minimum atomic E-state index is 0.147. The highest BCUT2D eigenvalue weighted by Gasteiger charge is 2.40. The van der Waals surface area contributed by atoms with Crippen molar-refractivity contribution in [3.05, 3.63) is 12.7 Å². The molecule has 0 spiro atoms. The lowest BCUT2D eigenvalue weighted by molar-refractivity contribution is -0.127. The van der Waals surface area contributed by atoms with Crippen LogP contribution in [0, 0.1) is 11.8 Å². The zero-order valence-electron chi connectivity index (χ0n) is 8.42. The first kappa shape index (κ1) is 10.3. The van der Waals surface area contributed by atoms with Crippen LogP contribution in [0.2, 0.25) is 0 Å². The van der Waals surface area contributed by atoms with E-state index in [-0.39, 0.29) is 11.8 Å². The summed E-state index contributed by atoms with van der Waals surface area (Å²) < 4.78 is 0. The molecule has 74 valence electrons. The Morgan fingerprint density at radius 3 is 2.62 bits per heavy atom. The van der Waals surface area contributed by atoms with Crippen LogP contribution in [0.5, 0.6) is 0 Å². The topological polar surface area (TPSA) is 32.3 Å². The highest BCUT2D eigenvalue weighted by Crippen LogP contribution is 2.39. The van der Waals surface area contributed by atoms with Crippen LogP contribution < -0.4 is 5.43 Å². The van der Waals surface area contributed by atoms with Gasteiger partial charge in [-0.25, -0.2) is 5.01 Å². The second kappa shape index (κ2) is 4.42. The number of nitrogens with one attached hydrogen (secondary N) is 1. The zero-order chi connectivity index (χ0) is 9.84. The van der Waals surface area contributed by atoms with Gasteiger partial charge in [-0.05, 0) is 12.3 Å². The maximum absolute atomic E-state index is 11.5. The van der Waals surface area contributed by atoms with Crippen LogP contribution in [-0.4, -0.2) is 24.0 Å². The smallest absolute Gasteiger partial charge is 0.238 e. The van der Waals surface area contributed by atoms with Gasteiger partial charge in [-0.2, -0.15) is 0 Å². The summed E-state index contributed by atoms with van der Waals surface area (Å²) in [5, 5.41) is 1.92. The van der Waals surface area contributed by atoms with Crippen LogP contribution >= 0.6 is 0 Å². The van der Waals surface area contributed by atoms with Gasteiger partial charge in [-0.15, -0.1) is 6.58 Å². The Morgan fingerprint density at radius 2 is 2.23 bits per heavy atom. The van der Waals surface area contributed by atoms with E-state index in [1.807, 2.05) is 24.9 Å². The minimum absolute atomic E-state index is 0.147. The molecule has 0 heterocycles. The van der Waals surface area contributed by atoms with Gasteiger partial charge in [0.15, 0.2) is 0 Å². The van der Waals surface area contributed by atoms with Gasteiger partial charge < -0.3 is 0 Å². The molecule has 0 bridgehead atoms. The molecule has 1 aliphatic carbocycles. The van der Waals surface area contributed by atoms with Gasteiger partial charge in [-0.3, -0.25) is 10.2 Å². The summed E-state index contributed by atoms with van der Waals surface area (Å²) in [6, 6.07) is 0. The van der Waals surface area contributed by atoms with Crippen LogP contribution in [0.15, 0.2) is 12.7 Å². The monoisotopic (exact) mass is 182 g/mol. The lowest BCUT2D eigenvalue weighted by Crippen LogP contribution is -2.42. The number of carbonyl (C=O) groups excluding carboxylic acids is 1. The molecule has 3 heteroatoms. The van der Waals surface area contributed by atoms with Crippen LogP contribution in [0.4, 0.5) is 0 Å². The molecule has 1 saturated carbocycles. The molecular formula is C10H18N2O. The predicted octanol–water partition coefficient (Wildman–Crippen LogP) is 1.18. The molecule has 2 atom stereocenters. The van der Waals surface area contributed by atoms with E-state index >= 15 is 0 Å². The lowest BCUT2D eigenvalue weighted by Gasteiger charge is -2.19. The Kier molecular flexibility index (Phi) is 3.48. The Balaban J connectivity index is 2.29. The molecule has 0 aromatic rings. The molecule has 0 aromatic carbocycles. The van der Waals surface area contributed by atoms with Gasteiger partial charge >= 0.3 is 0 Å². The number of hydrazine groups is 1. The molecule has 0 aromatic heterocycles. The summed E-state index contributed by atoms with van der Waals surface area (Å²) in [5.74, 6) is 0.738. The number of carbonyl (C=O) groups is 1. The van der Waals surface area contributed by atoms with Crippen molar-refractivity contribution in [2.75, 3.05) is 13.1 Å². The third-order valence-corrected chi connectivity index (χ3v) is 2.51. The van der Waals surface area contributed by atoms with E-state index in [1.165, 1.54) is 0 Å². The molecule has 0 aliphatic heterocycles. The second-order valence-corrected chi connectivity index (χ2v) is 3.39. The summed E-state index contributed by atoms with van der Waals surface area (Å²) in [5.41, 5.74) is 2.89. The molecule has 1 N–H and O–H groups in total. The van der Waals surface area contributed by atoms with Gasteiger partial charge in [0.05, 0.1) is 0 Å². The van der Waals surface area contributed by atoms with Crippen molar-refractivity contribution < 1.29 is 4.79 Å². The first-order valence-corrected chi connectivity index (χ1v) is 4.90. The molecule has 1 aliphatic rings. The van der Waals surface area contributed by atoms with Crippen LogP contribution in [0.3, 0.4) is 0 Å². The molecule has 1 fully saturated rings. The van der Waals surface area contributed by atoms with E-state index in [2.05, 4.69) is 12.0 Å². The van der Waals surface area contributed by atoms with Gasteiger partial charge in [-0.1, -0.05) is 19.9 Å². The van der Waals surface area contributed by atoms with Crippen molar-refractivity contribution in [2.45, 2.75) is 20.3 Å². The molecule has 13 heavy (non-hydrogen) atoms. The van der Waals surface area contributed by atoms with Crippen molar-refractivity contribution in [3.8, 4) is 0 Å². The van der Waals surface area contributed by atoms with Crippen molar-refractivity contribution >= 4 is 5.91 Å². The quantitative estimate of drug-likeness (QED) is 0.511. The van der Waals surface area contributed by atoms with Gasteiger partial charge in [0.2, 0.25) is 5.91 Å². The first-order valence-electron chi connectivity index (χ1n) is 4.90. The third-order valence-electron chi connectivity index (χ3n) is 2.51. The van der Waals surface area contributed by atoms with E-state index in [1.54, 1.807) is 0 Å². The average Bonchev–Trinajstić information content (AvgIpc) is 2.92. The molecular weight excluding hydrogens is 164 g/mol. The van der Waals surface area contributed by atoms with Crippen molar-refractivity contribution in [2.24, 2.45) is 11.8 Å². The van der Waals surface area contributed by atoms with E-state index < -0.39 is 0 Å². The number of amides is 1. The standard InChI is InChI=1S/C10H18N2O/c1-4-8-7-9(8)10(13)11-12(5-2)6-3/h4,8-9H,1,5-7H2,2-3H3,(H,11,13)/t8-,9+/m1/s1. The normalized spacial score (nSPS) is 25.8. The van der Waals surface area contributed by atoms with Crippen LogP contribution in [0.25, 0.3) is 0 Å². The second-order valence-electron chi connectivity index (χ2n) is 3.39. The molecule has 3 nitrogen and oxygen atoms in total. The van der Waals surface area contributed by atoms with Gasteiger partial charge in [0.25, 0.3) is 0 Å². The molecule has 0 radical (unpaired) electrons.